The zero-order valence-electron chi connectivity index (χ0n) is 10.6. The fourth-order valence-electron chi connectivity index (χ4n) is 2.50. The van der Waals surface area contributed by atoms with E-state index in [9.17, 15) is 0 Å². The predicted molar refractivity (Wildman–Crippen MR) is 73.8 cm³/mol. The van der Waals surface area contributed by atoms with Gasteiger partial charge in [0.05, 0.1) is 11.5 Å². The number of nitrogens with zero attached hydrogens (tertiary/aromatic N) is 2. The zero-order chi connectivity index (χ0) is 12.4. The number of hydrogen-bond acceptors (Lipinski definition) is 3. The van der Waals surface area contributed by atoms with E-state index in [0.717, 1.165) is 25.6 Å². The predicted octanol–water partition coefficient (Wildman–Crippen LogP) is 3.35. The fraction of sp³-hybridized carbons (Fsp3) is 0.500. The number of aryl methyl sites for hydroxylation is 1. The molecule has 3 nitrogen and oxygen atoms in total. The van der Waals surface area contributed by atoms with E-state index in [2.05, 4.69) is 34.1 Å². The van der Waals surface area contributed by atoms with Crippen LogP contribution < -0.4 is 0 Å². The van der Waals surface area contributed by atoms with E-state index in [4.69, 9.17) is 4.74 Å². The summed E-state index contributed by atoms with van der Waals surface area (Å²) in [6, 6.07) is 2.16. The molecule has 2 aromatic heterocycles. The Bertz CT molecular complexity index is 511. The molecule has 0 radical (unpaired) electrons. The highest BCUT2D eigenvalue weighted by atomic mass is 32.1. The summed E-state index contributed by atoms with van der Waals surface area (Å²) in [6.07, 6.45) is 6.44. The highest BCUT2D eigenvalue weighted by Crippen LogP contribution is 2.28. The van der Waals surface area contributed by atoms with Crippen molar-refractivity contribution in [3.05, 3.63) is 29.4 Å². The summed E-state index contributed by atoms with van der Waals surface area (Å²) in [7, 11) is 0. The van der Waals surface area contributed by atoms with Gasteiger partial charge in [-0.2, -0.15) is 0 Å². The summed E-state index contributed by atoms with van der Waals surface area (Å²) < 4.78 is 7.83. The Morgan fingerprint density at radius 1 is 1.56 bits per heavy atom. The van der Waals surface area contributed by atoms with Crippen LogP contribution in [0.4, 0.5) is 0 Å². The van der Waals surface area contributed by atoms with Crippen LogP contribution in [0, 0.1) is 12.8 Å². The van der Waals surface area contributed by atoms with Crippen molar-refractivity contribution in [2.75, 3.05) is 13.2 Å². The molecule has 1 atom stereocenters. The smallest absolute Gasteiger partial charge is 0.150 e. The van der Waals surface area contributed by atoms with Gasteiger partial charge in [-0.15, -0.1) is 11.3 Å². The van der Waals surface area contributed by atoms with Crippen molar-refractivity contribution in [3.8, 4) is 10.7 Å². The summed E-state index contributed by atoms with van der Waals surface area (Å²) in [5.74, 6) is 1.74. The van der Waals surface area contributed by atoms with Crippen molar-refractivity contribution in [2.45, 2.75) is 26.3 Å². The molecule has 0 amide bonds. The van der Waals surface area contributed by atoms with Gasteiger partial charge in [0.25, 0.3) is 0 Å². The average molecular weight is 262 g/mol. The maximum absolute atomic E-state index is 5.55. The van der Waals surface area contributed by atoms with E-state index in [1.807, 2.05) is 6.20 Å². The molecular formula is C14H18N2OS. The molecule has 1 fully saturated rings. The van der Waals surface area contributed by atoms with Gasteiger partial charge in [-0.25, -0.2) is 4.98 Å². The van der Waals surface area contributed by atoms with Crippen LogP contribution in [0.25, 0.3) is 10.7 Å². The lowest BCUT2D eigenvalue weighted by atomic mass is 10.0. The SMILES string of the molecule is Cc1ccsc1-c1nccn1C[C@H]1CCCOC1. The number of ether oxygens (including phenoxy) is 1. The average Bonchev–Trinajstić information content (AvgIpc) is 2.99. The van der Waals surface area contributed by atoms with E-state index in [1.165, 1.54) is 23.3 Å². The van der Waals surface area contributed by atoms with E-state index in [1.54, 1.807) is 11.3 Å². The molecule has 1 aliphatic rings. The molecule has 96 valence electrons. The highest BCUT2D eigenvalue weighted by Gasteiger charge is 2.17. The second kappa shape index (κ2) is 5.24. The summed E-state index contributed by atoms with van der Waals surface area (Å²) in [6.45, 7) is 4.99. The van der Waals surface area contributed by atoms with Crippen LogP contribution in [0.1, 0.15) is 18.4 Å². The van der Waals surface area contributed by atoms with Gasteiger partial charge in [-0.1, -0.05) is 0 Å². The third-order valence-corrected chi connectivity index (χ3v) is 4.50. The molecule has 2 aromatic rings. The van der Waals surface area contributed by atoms with Gasteiger partial charge in [0.1, 0.15) is 5.82 Å². The van der Waals surface area contributed by atoms with Crippen molar-refractivity contribution in [3.63, 3.8) is 0 Å². The second-order valence-electron chi connectivity index (χ2n) is 4.92. The van der Waals surface area contributed by atoms with Gasteiger partial charge in [-0.05, 0) is 36.8 Å². The third-order valence-electron chi connectivity index (χ3n) is 3.49. The van der Waals surface area contributed by atoms with Crippen LogP contribution in [0.2, 0.25) is 0 Å². The molecule has 3 heterocycles. The molecule has 0 bridgehead atoms. The zero-order valence-corrected chi connectivity index (χ0v) is 11.4. The lowest BCUT2D eigenvalue weighted by Gasteiger charge is -2.23. The molecule has 1 aliphatic heterocycles. The summed E-state index contributed by atoms with van der Waals surface area (Å²) >= 11 is 1.77. The first-order chi connectivity index (χ1) is 8.84. The number of thiophene rings is 1. The van der Waals surface area contributed by atoms with E-state index in [-0.39, 0.29) is 0 Å². The second-order valence-corrected chi connectivity index (χ2v) is 5.84. The maximum Gasteiger partial charge on any atom is 0.150 e. The van der Waals surface area contributed by atoms with Crippen LogP contribution in [0.15, 0.2) is 23.8 Å². The molecule has 0 aromatic carbocycles. The summed E-state index contributed by atoms with van der Waals surface area (Å²) in [5.41, 5.74) is 1.31. The number of imidazole rings is 1. The molecule has 0 saturated carbocycles. The minimum Gasteiger partial charge on any atom is -0.381 e. The van der Waals surface area contributed by atoms with Crippen molar-refractivity contribution >= 4 is 11.3 Å². The van der Waals surface area contributed by atoms with Gasteiger partial charge in [0, 0.05) is 31.5 Å². The Morgan fingerprint density at radius 3 is 3.22 bits per heavy atom. The molecule has 1 saturated heterocycles. The van der Waals surface area contributed by atoms with Crippen molar-refractivity contribution in [1.29, 1.82) is 0 Å². The molecule has 0 spiro atoms. The van der Waals surface area contributed by atoms with Gasteiger partial charge in [0.15, 0.2) is 0 Å². The largest absolute Gasteiger partial charge is 0.381 e. The standard InChI is InChI=1S/C14H18N2OS/c1-11-4-8-18-13(11)14-15-5-6-16(14)9-12-3-2-7-17-10-12/h4-6,8,12H,2-3,7,9-10H2,1H3/t12-/m1/s1. The summed E-state index contributed by atoms with van der Waals surface area (Å²) in [4.78, 5) is 5.81. The first kappa shape index (κ1) is 11.9. The van der Waals surface area contributed by atoms with E-state index < -0.39 is 0 Å². The van der Waals surface area contributed by atoms with Crippen molar-refractivity contribution in [1.82, 2.24) is 9.55 Å². The van der Waals surface area contributed by atoms with Gasteiger partial charge in [-0.3, -0.25) is 0 Å². The maximum atomic E-state index is 5.55. The van der Waals surface area contributed by atoms with Crippen molar-refractivity contribution in [2.24, 2.45) is 5.92 Å². The van der Waals surface area contributed by atoms with Crippen LogP contribution in [-0.4, -0.2) is 22.8 Å². The Balaban J connectivity index is 1.81. The highest BCUT2D eigenvalue weighted by molar-refractivity contribution is 7.13. The normalized spacial score (nSPS) is 20.2. The Hall–Kier alpha value is -1.13. The molecule has 0 N–H and O–H groups in total. The molecule has 18 heavy (non-hydrogen) atoms. The molecule has 0 aliphatic carbocycles. The lowest BCUT2D eigenvalue weighted by Crippen LogP contribution is -2.22. The topological polar surface area (TPSA) is 27.1 Å². The van der Waals surface area contributed by atoms with Crippen LogP contribution in [0.5, 0.6) is 0 Å². The van der Waals surface area contributed by atoms with Gasteiger partial charge >= 0.3 is 0 Å². The number of rotatable bonds is 3. The number of aromatic nitrogens is 2. The van der Waals surface area contributed by atoms with E-state index >= 15 is 0 Å². The van der Waals surface area contributed by atoms with Crippen LogP contribution in [-0.2, 0) is 11.3 Å². The Labute approximate surface area is 111 Å². The molecule has 0 unspecified atom stereocenters. The lowest BCUT2D eigenvalue weighted by molar-refractivity contribution is 0.0485. The van der Waals surface area contributed by atoms with Gasteiger partial charge < -0.3 is 9.30 Å². The van der Waals surface area contributed by atoms with Crippen molar-refractivity contribution < 1.29 is 4.74 Å². The fourth-order valence-corrected chi connectivity index (χ4v) is 3.43. The van der Waals surface area contributed by atoms with Crippen LogP contribution >= 0.6 is 11.3 Å². The molecule has 3 rings (SSSR count). The minimum atomic E-state index is 0.631. The van der Waals surface area contributed by atoms with Gasteiger partial charge in [0.2, 0.25) is 0 Å². The third kappa shape index (κ3) is 2.35. The summed E-state index contributed by atoms with van der Waals surface area (Å²) in [5, 5.41) is 2.13. The van der Waals surface area contributed by atoms with Crippen LogP contribution in [0.3, 0.4) is 0 Å². The number of hydrogen-bond donors (Lipinski definition) is 0. The first-order valence-corrected chi connectivity index (χ1v) is 7.36. The quantitative estimate of drug-likeness (QED) is 0.848. The Kier molecular flexibility index (Phi) is 3.48. The van der Waals surface area contributed by atoms with E-state index in [0.29, 0.717) is 5.92 Å². The minimum absolute atomic E-state index is 0.631. The monoisotopic (exact) mass is 262 g/mol. The molecular weight excluding hydrogens is 244 g/mol. The Morgan fingerprint density at radius 2 is 2.50 bits per heavy atom. The first-order valence-electron chi connectivity index (χ1n) is 6.48. The molecule has 4 heteroatoms.